The van der Waals surface area contributed by atoms with Crippen LogP contribution in [0.2, 0.25) is 0 Å². The molecule has 0 saturated carbocycles. The van der Waals surface area contributed by atoms with Gasteiger partial charge in [0.25, 0.3) is 0 Å². The molecule has 1 aromatic rings. The summed E-state index contributed by atoms with van der Waals surface area (Å²) in [5.74, 6) is 0. The summed E-state index contributed by atoms with van der Waals surface area (Å²) in [6.45, 7) is 0. The molecule has 0 unspecified atom stereocenters. The van der Waals surface area contributed by atoms with Gasteiger partial charge in [0.1, 0.15) is 6.07 Å². The van der Waals surface area contributed by atoms with Gasteiger partial charge in [0.05, 0.1) is 17.5 Å². The van der Waals surface area contributed by atoms with Gasteiger partial charge in [-0.1, -0.05) is 15.9 Å². The third kappa shape index (κ3) is 3.01. The largest absolute Gasteiger partial charge is 0.282 e. The summed E-state index contributed by atoms with van der Waals surface area (Å²) in [7, 11) is -3.35. The number of anilines is 1. The van der Waals surface area contributed by atoms with Gasteiger partial charge in [-0.2, -0.15) is 5.26 Å². The van der Waals surface area contributed by atoms with Gasteiger partial charge in [0, 0.05) is 4.47 Å². The lowest BCUT2D eigenvalue weighted by Gasteiger charge is -2.05. The fourth-order valence-corrected chi connectivity index (χ4v) is 1.83. The number of rotatable bonds is 2. The first-order chi connectivity index (χ1) is 6.42. The highest BCUT2D eigenvalue weighted by molar-refractivity contribution is 9.10. The van der Waals surface area contributed by atoms with Crippen LogP contribution in [0.4, 0.5) is 5.69 Å². The Morgan fingerprint density at radius 1 is 1.50 bits per heavy atom. The van der Waals surface area contributed by atoms with Gasteiger partial charge >= 0.3 is 0 Å². The van der Waals surface area contributed by atoms with Gasteiger partial charge < -0.3 is 0 Å². The van der Waals surface area contributed by atoms with E-state index >= 15 is 0 Å². The van der Waals surface area contributed by atoms with Crippen LogP contribution in [0.25, 0.3) is 0 Å². The van der Waals surface area contributed by atoms with Crippen LogP contribution in [0.5, 0.6) is 0 Å². The van der Waals surface area contributed by atoms with Gasteiger partial charge in [-0.05, 0) is 18.2 Å². The van der Waals surface area contributed by atoms with Crippen LogP contribution in [0.15, 0.2) is 22.7 Å². The minimum Gasteiger partial charge on any atom is -0.282 e. The molecule has 0 atom stereocenters. The smallest absolute Gasteiger partial charge is 0.229 e. The Morgan fingerprint density at radius 3 is 2.64 bits per heavy atom. The maximum atomic E-state index is 10.9. The number of nitriles is 1. The van der Waals surface area contributed by atoms with Crippen LogP contribution in [0, 0.1) is 11.3 Å². The molecular formula is C8H7BrN2O2S. The highest BCUT2D eigenvalue weighted by Crippen LogP contribution is 2.21. The van der Waals surface area contributed by atoms with Crippen molar-refractivity contribution in [2.24, 2.45) is 0 Å². The lowest BCUT2D eigenvalue weighted by Crippen LogP contribution is -2.10. The molecule has 0 fully saturated rings. The van der Waals surface area contributed by atoms with Crippen molar-refractivity contribution in [3.05, 3.63) is 28.2 Å². The number of halogens is 1. The zero-order valence-electron chi connectivity index (χ0n) is 7.28. The first kappa shape index (κ1) is 11.0. The van der Waals surface area contributed by atoms with Crippen molar-refractivity contribution in [3.8, 4) is 6.07 Å². The summed E-state index contributed by atoms with van der Waals surface area (Å²) in [5.41, 5.74) is 0.572. The molecule has 0 aliphatic heterocycles. The predicted octanol–water partition coefficient (Wildman–Crippen LogP) is 1.69. The lowest BCUT2D eigenvalue weighted by atomic mass is 10.2. The summed E-state index contributed by atoms with van der Waals surface area (Å²) < 4.78 is 24.9. The van der Waals surface area contributed by atoms with E-state index in [1.54, 1.807) is 12.1 Å². The minimum absolute atomic E-state index is 0.282. The molecule has 4 nitrogen and oxygen atoms in total. The van der Waals surface area contributed by atoms with Crippen molar-refractivity contribution in [1.82, 2.24) is 0 Å². The Bertz CT molecular complexity index is 491. The Morgan fingerprint density at radius 2 is 2.14 bits per heavy atom. The molecule has 74 valence electrons. The van der Waals surface area contributed by atoms with Crippen LogP contribution < -0.4 is 4.72 Å². The Labute approximate surface area is 90.7 Å². The summed E-state index contributed by atoms with van der Waals surface area (Å²) in [5, 5.41) is 8.71. The van der Waals surface area contributed by atoms with Crippen molar-refractivity contribution in [3.63, 3.8) is 0 Å². The summed E-state index contributed by atoms with van der Waals surface area (Å²) in [6, 6.07) is 6.65. The topological polar surface area (TPSA) is 70.0 Å². The molecular weight excluding hydrogens is 268 g/mol. The maximum Gasteiger partial charge on any atom is 0.229 e. The third-order valence-electron chi connectivity index (χ3n) is 1.40. The van der Waals surface area contributed by atoms with Gasteiger partial charge in [-0.3, -0.25) is 4.72 Å². The number of benzene rings is 1. The maximum absolute atomic E-state index is 10.9. The van der Waals surface area contributed by atoms with Crippen molar-refractivity contribution in [1.29, 1.82) is 5.26 Å². The standard InChI is InChI=1S/C8H7BrN2O2S/c1-14(12,13)11-8-4-7(9)3-2-6(8)5-10/h2-4,11H,1H3. The Kier molecular flexibility index (Phi) is 3.13. The monoisotopic (exact) mass is 274 g/mol. The van der Waals surface area contributed by atoms with E-state index in [4.69, 9.17) is 5.26 Å². The molecule has 1 rings (SSSR count). The lowest BCUT2D eigenvalue weighted by molar-refractivity contribution is 0.607. The van der Waals surface area contributed by atoms with E-state index in [1.807, 2.05) is 6.07 Å². The van der Waals surface area contributed by atoms with Gasteiger partial charge in [0.2, 0.25) is 10.0 Å². The SMILES string of the molecule is CS(=O)(=O)Nc1cc(Br)ccc1C#N. The molecule has 0 bridgehead atoms. The van der Waals surface area contributed by atoms with Crippen LogP contribution >= 0.6 is 15.9 Å². The molecule has 0 saturated heterocycles. The van der Waals surface area contributed by atoms with Crippen molar-refractivity contribution < 1.29 is 8.42 Å². The van der Waals surface area contributed by atoms with Crippen LogP contribution in [-0.4, -0.2) is 14.7 Å². The van der Waals surface area contributed by atoms with Crippen LogP contribution in [0.3, 0.4) is 0 Å². The highest BCUT2D eigenvalue weighted by atomic mass is 79.9. The van der Waals surface area contributed by atoms with Gasteiger partial charge in [-0.15, -0.1) is 0 Å². The van der Waals surface area contributed by atoms with E-state index in [0.717, 1.165) is 6.26 Å². The number of nitrogens with one attached hydrogen (secondary N) is 1. The molecule has 0 aliphatic rings. The zero-order chi connectivity index (χ0) is 10.8. The molecule has 0 radical (unpaired) electrons. The van der Waals surface area contributed by atoms with Gasteiger partial charge in [0.15, 0.2) is 0 Å². The first-order valence-corrected chi connectivity index (χ1v) is 6.28. The highest BCUT2D eigenvalue weighted by Gasteiger charge is 2.07. The van der Waals surface area contributed by atoms with Crippen molar-refractivity contribution in [2.75, 3.05) is 11.0 Å². The van der Waals surface area contributed by atoms with E-state index in [1.165, 1.54) is 6.07 Å². The van der Waals surface area contributed by atoms with E-state index in [-0.39, 0.29) is 5.69 Å². The quantitative estimate of drug-likeness (QED) is 0.892. The predicted molar refractivity (Wildman–Crippen MR) is 57.3 cm³/mol. The fraction of sp³-hybridized carbons (Fsp3) is 0.125. The van der Waals surface area contributed by atoms with E-state index < -0.39 is 10.0 Å². The Balaban J connectivity index is 3.20. The molecule has 0 amide bonds. The molecule has 1 N–H and O–H groups in total. The second kappa shape index (κ2) is 3.98. The van der Waals surface area contributed by atoms with Crippen LogP contribution in [0.1, 0.15) is 5.56 Å². The molecule has 0 aromatic heterocycles. The van der Waals surface area contributed by atoms with E-state index in [9.17, 15) is 8.42 Å². The molecule has 0 spiro atoms. The summed E-state index contributed by atoms with van der Waals surface area (Å²) in [4.78, 5) is 0. The van der Waals surface area contributed by atoms with Gasteiger partial charge in [-0.25, -0.2) is 8.42 Å². The average molecular weight is 275 g/mol. The molecule has 6 heteroatoms. The van der Waals surface area contributed by atoms with Crippen molar-refractivity contribution >= 4 is 31.6 Å². The molecule has 0 heterocycles. The summed E-state index contributed by atoms with van der Waals surface area (Å²) in [6.07, 6.45) is 1.04. The fourth-order valence-electron chi connectivity index (χ4n) is 0.898. The minimum atomic E-state index is -3.35. The van der Waals surface area contributed by atoms with Crippen LogP contribution in [-0.2, 0) is 10.0 Å². The molecule has 14 heavy (non-hydrogen) atoms. The van der Waals surface area contributed by atoms with Crippen molar-refractivity contribution in [2.45, 2.75) is 0 Å². The normalized spacial score (nSPS) is 10.6. The number of sulfonamides is 1. The third-order valence-corrected chi connectivity index (χ3v) is 2.48. The summed E-state index contributed by atoms with van der Waals surface area (Å²) >= 11 is 3.19. The molecule has 0 aliphatic carbocycles. The first-order valence-electron chi connectivity index (χ1n) is 3.60. The number of hydrogen-bond acceptors (Lipinski definition) is 3. The second-order valence-electron chi connectivity index (χ2n) is 2.68. The number of hydrogen-bond donors (Lipinski definition) is 1. The second-order valence-corrected chi connectivity index (χ2v) is 5.34. The molecule has 1 aromatic carbocycles. The van der Waals surface area contributed by atoms with E-state index in [2.05, 4.69) is 20.7 Å². The zero-order valence-corrected chi connectivity index (χ0v) is 9.68. The van der Waals surface area contributed by atoms with E-state index in [0.29, 0.717) is 10.0 Å². The average Bonchev–Trinajstić information content (AvgIpc) is 2.01. The Hall–Kier alpha value is -1.06. The number of nitrogens with zero attached hydrogens (tertiary/aromatic N) is 1.